The molecule has 0 saturated carbocycles. The normalized spacial score (nSPS) is 26.4. The maximum Gasteiger partial charge on any atom is 0.211 e. The number of carbonyl (C=O) groups excluding carboxylic acids is 1. The fourth-order valence-electron chi connectivity index (χ4n) is 1.59. The molecule has 1 aliphatic heterocycles. The highest BCUT2D eigenvalue weighted by molar-refractivity contribution is 5.97. The van der Waals surface area contributed by atoms with Crippen molar-refractivity contribution in [3.63, 3.8) is 0 Å². The number of carbonyl (C=O) groups is 1. The highest BCUT2D eigenvalue weighted by Gasteiger charge is 2.29. The van der Waals surface area contributed by atoms with Crippen molar-refractivity contribution < 1.29 is 9.53 Å². The van der Waals surface area contributed by atoms with Gasteiger partial charge in [0.25, 0.3) is 0 Å². The predicted molar refractivity (Wildman–Crippen MR) is 49.9 cm³/mol. The lowest BCUT2D eigenvalue weighted by molar-refractivity contribution is 0.0429. The van der Waals surface area contributed by atoms with Gasteiger partial charge < -0.3 is 4.74 Å². The van der Waals surface area contributed by atoms with Crippen molar-refractivity contribution in [3.05, 3.63) is 24.3 Å². The van der Waals surface area contributed by atoms with E-state index < -0.39 is 0 Å². The van der Waals surface area contributed by atoms with Gasteiger partial charge in [0.05, 0.1) is 12.3 Å². The van der Waals surface area contributed by atoms with Gasteiger partial charge in [0, 0.05) is 12.4 Å². The van der Waals surface area contributed by atoms with Crippen LogP contribution in [0.1, 0.15) is 30.3 Å². The minimum Gasteiger partial charge on any atom is -0.367 e. The number of ketones is 1. The third-order valence-electron chi connectivity index (χ3n) is 2.34. The van der Waals surface area contributed by atoms with Crippen molar-refractivity contribution in [1.29, 1.82) is 0 Å². The summed E-state index contributed by atoms with van der Waals surface area (Å²) in [4.78, 5) is 19.6. The van der Waals surface area contributed by atoms with Crippen LogP contribution in [-0.2, 0) is 4.74 Å². The molecule has 0 bridgehead atoms. The first-order valence-corrected chi connectivity index (χ1v) is 4.73. The van der Waals surface area contributed by atoms with Gasteiger partial charge in [0.1, 0.15) is 11.8 Å². The maximum atomic E-state index is 11.8. The molecule has 0 aromatic carbocycles. The molecule has 2 atom stereocenters. The topological polar surface area (TPSA) is 52.1 Å². The van der Waals surface area contributed by atoms with E-state index in [2.05, 4.69) is 9.97 Å². The molecule has 2 rings (SSSR count). The van der Waals surface area contributed by atoms with Crippen LogP contribution >= 0.6 is 0 Å². The first kappa shape index (κ1) is 9.27. The Morgan fingerprint density at radius 2 is 2.36 bits per heavy atom. The lowest BCUT2D eigenvalue weighted by atomic mass is 10.1. The standard InChI is InChI=1S/C10H12N2O2/c1-7-2-3-9(14-7)10(13)8-6-11-4-5-12-8/h4-7,9H,2-3H2,1H3. The summed E-state index contributed by atoms with van der Waals surface area (Å²) in [5, 5.41) is 0. The van der Waals surface area contributed by atoms with Crippen LogP contribution in [0, 0.1) is 0 Å². The summed E-state index contributed by atoms with van der Waals surface area (Å²) in [6.07, 6.45) is 6.14. The van der Waals surface area contributed by atoms with Gasteiger partial charge in [-0.25, -0.2) is 4.98 Å². The Bertz CT molecular complexity index is 326. The Labute approximate surface area is 82.3 Å². The highest BCUT2D eigenvalue weighted by atomic mass is 16.5. The molecular formula is C10H12N2O2. The Kier molecular flexibility index (Phi) is 2.54. The van der Waals surface area contributed by atoms with E-state index in [9.17, 15) is 4.79 Å². The Morgan fingerprint density at radius 3 is 2.93 bits per heavy atom. The largest absolute Gasteiger partial charge is 0.367 e. The van der Waals surface area contributed by atoms with E-state index in [0.717, 1.165) is 12.8 Å². The second-order valence-corrected chi connectivity index (χ2v) is 3.47. The molecule has 4 heteroatoms. The van der Waals surface area contributed by atoms with Crippen LogP contribution in [0.2, 0.25) is 0 Å². The Hall–Kier alpha value is -1.29. The summed E-state index contributed by atoms with van der Waals surface area (Å²) in [6.45, 7) is 1.98. The van der Waals surface area contributed by atoms with Gasteiger partial charge in [-0.15, -0.1) is 0 Å². The van der Waals surface area contributed by atoms with Gasteiger partial charge in [-0.05, 0) is 19.8 Å². The summed E-state index contributed by atoms with van der Waals surface area (Å²) in [5.41, 5.74) is 0.395. The highest BCUT2D eigenvalue weighted by Crippen LogP contribution is 2.21. The minimum absolute atomic E-state index is 0.0533. The molecule has 0 aliphatic carbocycles. The van der Waals surface area contributed by atoms with Crippen LogP contribution in [0.4, 0.5) is 0 Å². The molecule has 1 aromatic heterocycles. The predicted octanol–water partition coefficient (Wildman–Crippen LogP) is 1.23. The van der Waals surface area contributed by atoms with E-state index in [4.69, 9.17) is 4.74 Å². The molecule has 0 spiro atoms. The summed E-state index contributed by atoms with van der Waals surface area (Å²) < 4.78 is 5.46. The zero-order valence-corrected chi connectivity index (χ0v) is 8.01. The molecule has 4 nitrogen and oxygen atoms in total. The van der Waals surface area contributed by atoms with Crippen LogP contribution < -0.4 is 0 Å². The summed E-state index contributed by atoms with van der Waals surface area (Å²) in [5.74, 6) is -0.0533. The summed E-state index contributed by atoms with van der Waals surface area (Å²) in [7, 11) is 0. The third-order valence-corrected chi connectivity index (χ3v) is 2.34. The molecule has 2 unspecified atom stereocenters. The van der Waals surface area contributed by atoms with Crippen molar-refractivity contribution in [2.24, 2.45) is 0 Å². The lowest BCUT2D eigenvalue weighted by Gasteiger charge is -2.08. The van der Waals surface area contributed by atoms with Crippen molar-refractivity contribution in [1.82, 2.24) is 9.97 Å². The number of rotatable bonds is 2. The number of ether oxygens (including phenoxy) is 1. The minimum atomic E-state index is -0.318. The van der Waals surface area contributed by atoms with Gasteiger partial charge in [-0.1, -0.05) is 0 Å². The quantitative estimate of drug-likeness (QED) is 0.661. The maximum absolute atomic E-state index is 11.8. The molecule has 14 heavy (non-hydrogen) atoms. The van der Waals surface area contributed by atoms with Gasteiger partial charge in [-0.2, -0.15) is 0 Å². The van der Waals surface area contributed by atoms with E-state index in [-0.39, 0.29) is 18.0 Å². The van der Waals surface area contributed by atoms with Gasteiger partial charge in [-0.3, -0.25) is 9.78 Å². The van der Waals surface area contributed by atoms with Crippen LogP contribution in [0.3, 0.4) is 0 Å². The molecule has 1 saturated heterocycles. The molecule has 0 amide bonds. The van der Waals surface area contributed by atoms with Crippen molar-refractivity contribution in [3.8, 4) is 0 Å². The molecule has 1 fully saturated rings. The SMILES string of the molecule is CC1CCC(C(=O)c2cnccn2)O1. The van der Waals surface area contributed by atoms with E-state index in [1.54, 1.807) is 6.20 Å². The Morgan fingerprint density at radius 1 is 1.50 bits per heavy atom. The average molecular weight is 192 g/mol. The van der Waals surface area contributed by atoms with Crippen LogP contribution in [0.15, 0.2) is 18.6 Å². The lowest BCUT2D eigenvalue weighted by Crippen LogP contribution is -2.21. The number of nitrogens with zero attached hydrogens (tertiary/aromatic N) is 2. The molecule has 0 radical (unpaired) electrons. The zero-order valence-electron chi connectivity index (χ0n) is 8.01. The van der Waals surface area contributed by atoms with Crippen molar-refractivity contribution in [2.45, 2.75) is 32.0 Å². The second kappa shape index (κ2) is 3.84. The third kappa shape index (κ3) is 1.80. The van der Waals surface area contributed by atoms with E-state index in [1.807, 2.05) is 6.92 Å². The average Bonchev–Trinajstić information content (AvgIpc) is 2.65. The van der Waals surface area contributed by atoms with E-state index in [1.165, 1.54) is 12.4 Å². The Balaban J connectivity index is 2.10. The van der Waals surface area contributed by atoms with Gasteiger partial charge >= 0.3 is 0 Å². The van der Waals surface area contributed by atoms with Crippen LogP contribution in [0.5, 0.6) is 0 Å². The van der Waals surface area contributed by atoms with Crippen molar-refractivity contribution in [2.75, 3.05) is 0 Å². The molecular weight excluding hydrogens is 180 g/mol. The van der Waals surface area contributed by atoms with E-state index >= 15 is 0 Å². The monoisotopic (exact) mass is 192 g/mol. The smallest absolute Gasteiger partial charge is 0.211 e. The number of hydrogen-bond donors (Lipinski definition) is 0. The first-order valence-electron chi connectivity index (χ1n) is 4.73. The van der Waals surface area contributed by atoms with Crippen molar-refractivity contribution >= 4 is 5.78 Å². The van der Waals surface area contributed by atoms with Gasteiger partial charge in [0.2, 0.25) is 5.78 Å². The van der Waals surface area contributed by atoms with Crippen LogP contribution in [0.25, 0.3) is 0 Å². The molecule has 1 aliphatic rings. The van der Waals surface area contributed by atoms with E-state index in [0.29, 0.717) is 5.69 Å². The fraction of sp³-hybridized carbons (Fsp3) is 0.500. The first-order chi connectivity index (χ1) is 6.77. The van der Waals surface area contributed by atoms with Gasteiger partial charge in [0.15, 0.2) is 0 Å². The summed E-state index contributed by atoms with van der Waals surface area (Å²) >= 11 is 0. The molecule has 2 heterocycles. The molecule has 74 valence electrons. The number of aromatic nitrogens is 2. The second-order valence-electron chi connectivity index (χ2n) is 3.47. The van der Waals surface area contributed by atoms with Crippen LogP contribution in [-0.4, -0.2) is 28.0 Å². The number of Topliss-reactive ketones (excluding diaryl/α,β-unsaturated/α-hetero) is 1. The number of hydrogen-bond acceptors (Lipinski definition) is 4. The molecule has 1 aromatic rings. The summed E-state index contributed by atoms with van der Waals surface area (Å²) in [6, 6.07) is 0. The molecule has 0 N–H and O–H groups in total. The fourth-order valence-corrected chi connectivity index (χ4v) is 1.59. The zero-order chi connectivity index (χ0) is 9.97.